The smallest absolute Gasteiger partial charge is 0.152 e. The zero-order valence-corrected chi connectivity index (χ0v) is 10.4. The van der Waals surface area contributed by atoms with Crippen LogP contribution in [0.1, 0.15) is 18.0 Å². The monoisotopic (exact) mass is 259 g/mol. The molecule has 1 fully saturated rings. The van der Waals surface area contributed by atoms with Crippen LogP contribution in [-0.2, 0) is 9.84 Å². The van der Waals surface area contributed by atoms with Crippen molar-refractivity contribution in [3.05, 3.63) is 34.9 Å². The lowest BCUT2D eigenvalue weighted by atomic mass is 10.1. The van der Waals surface area contributed by atoms with Crippen molar-refractivity contribution >= 4 is 21.4 Å². The quantitative estimate of drug-likeness (QED) is 0.836. The molecule has 0 radical (unpaired) electrons. The van der Waals surface area contributed by atoms with Gasteiger partial charge in [0.25, 0.3) is 0 Å². The molecule has 1 aliphatic heterocycles. The molecule has 88 valence electrons. The SMILES string of the molecule is O=S1(=O)CCCNC(c2cccc(Cl)c2)C1. The highest BCUT2D eigenvalue weighted by molar-refractivity contribution is 7.91. The highest BCUT2D eigenvalue weighted by Crippen LogP contribution is 2.21. The Balaban J connectivity index is 2.26. The minimum Gasteiger partial charge on any atom is -0.309 e. The molecule has 0 aliphatic carbocycles. The molecule has 1 saturated heterocycles. The number of hydrogen-bond donors (Lipinski definition) is 1. The van der Waals surface area contributed by atoms with Crippen molar-refractivity contribution in [1.82, 2.24) is 5.32 Å². The maximum Gasteiger partial charge on any atom is 0.152 e. The third kappa shape index (κ3) is 2.97. The van der Waals surface area contributed by atoms with Gasteiger partial charge in [0.2, 0.25) is 0 Å². The van der Waals surface area contributed by atoms with Crippen molar-refractivity contribution < 1.29 is 8.42 Å². The van der Waals surface area contributed by atoms with Crippen LogP contribution >= 0.6 is 11.6 Å². The zero-order chi connectivity index (χ0) is 11.6. The topological polar surface area (TPSA) is 46.2 Å². The summed E-state index contributed by atoms with van der Waals surface area (Å²) < 4.78 is 23.3. The van der Waals surface area contributed by atoms with Crippen molar-refractivity contribution in [2.45, 2.75) is 12.5 Å². The van der Waals surface area contributed by atoms with Gasteiger partial charge < -0.3 is 5.32 Å². The van der Waals surface area contributed by atoms with Gasteiger partial charge in [0, 0.05) is 11.1 Å². The van der Waals surface area contributed by atoms with Gasteiger partial charge in [-0.05, 0) is 30.7 Å². The van der Waals surface area contributed by atoms with Crippen LogP contribution in [-0.4, -0.2) is 26.5 Å². The van der Waals surface area contributed by atoms with E-state index in [0.717, 1.165) is 12.1 Å². The molecular formula is C11H14ClNO2S. The summed E-state index contributed by atoms with van der Waals surface area (Å²) in [7, 11) is -2.93. The molecule has 3 nitrogen and oxygen atoms in total. The molecule has 0 bridgehead atoms. The van der Waals surface area contributed by atoms with Gasteiger partial charge in [-0.25, -0.2) is 8.42 Å². The van der Waals surface area contributed by atoms with E-state index >= 15 is 0 Å². The molecular weight excluding hydrogens is 246 g/mol. The maximum atomic E-state index is 11.7. The van der Waals surface area contributed by atoms with Crippen LogP contribution in [0.5, 0.6) is 0 Å². The first kappa shape index (κ1) is 11.9. The number of hydrogen-bond acceptors (Lipinski definition) is 3. The molecule has 1 unspecified atom stereocenters. The van der Waals surface area contributed by atoms with E-state index in [1.54, 1.807) is 6.07 Å². The molecule has 0 aromatic heterocycles. The summed E-state index contributed by atoms with van der Waals surface area (Å²) in [5.41, 5.74) is 0.943. The zero-order valence-electron chi connectivity index (χ0n) is 8.82. The molecule has 2 rings (SSSR count). The second kappa shape index (κ2) is 4.73. The highest BCUT2D eigenvalue weighted by atomic mass is 35.5. The average molecular weight is 260 g/mol. The standard InChI is InChI=1S/C11H14ClNO2S/c12-10-4-1-3-9(7-10)11-8-16(14,15)6-2-5-13-11/h1,3-4,7,11,13H,2,5-6,8H2. The lowest BCUT2D eigenvalue weighted by Gasteiger charge is -2.15. The molecule has 1 atom stereocenters. The predicted molar refractivity (Wildman–Crippen MR) is 65.5 cm³/mol. The molecule has 1 heterocycles. The first-order chi connectivity index (χ1) is 7.57. The van der Waals surface area contributed by atoms with Crippen molar-refractivity contribution in [2.24, 2.45) is 0 Å². The molecule has 1 aliphatic rings. The fraction of sp³-hybridized carbons (Fsp3) is 0.455. The highest BCUT2D eigenvalue weighted by Gasteiger charge is 2.23. The number of nitrogens with one attached hydrogen (secondary N) is 1. The lowest BCUT2D eigenvalue weighted by molar-refractivity contribution is 0.572. The average Bonchev–Trinajstić information content (AvgIpc) is 2.39. The van der Waals surface area contributed by atoms with Gasteiger partial charge in [-0.1, -0.05) is 23.7 Å². The Bertz CT molecular complexity index is 473. The van der Waals surface area contributed by atoms with Gasteiger partial charge in [0.05, 0.1) is 11.5 Å². The summed E-state index contributed by atoms with van der Waals surface area (Å²) in [6, 6.07) is 7.23. The Morgan fingerprint density at radius 3 is 2.94 bits per heavy atom. The van der Waals surface area contributed by atoms with Crippen LogP contribution in [0, 0.1) is 0 Å². The lowest BCUT2D eigenvalue weighted by Crippen LogP contribution is -2.25. The van der Waals surface area contributed by atoms with E-state index in [9.17, 15) is 8.42 Å². The van der Waals surface area contributed by atoms with Crippen LogP contribution in [0.25, 0.3) is 0 Å². The number of sulfone groups is 1. The van der Waals surface area contributed by atoms with E-state index in [1.165, 1.54) is 0 Å². The van der Waals surface area contributed by atoms with Gasteiger partial charge >= 0.3 is 0 Å². The van der Waals surface area contributed by atoms with Crippen LogP contribution in [0.15, 0.2) is 24.3 Å². The molecule has 1 N–H and O–H groups in total. The number of benzene rings is 1. The van der Waals surface area contributed by atoms with Gasteiger partial charge in [-0.3, -0.25) is 0 Å². The normalized spacial score (nSPS) is 24.9. The Labute approximate surface area is 101 Å². The molecule has 16 heavy (non-hydrogen) atoms. The van der Waals surface area contributed by atoms with Crippen molar-refractivity contribution in [2.75, 3.05) is 18.1 Å². The summed E-state index contributed by atoms with van der Waals surface area (Å²) in [4.78, 5) is 0. The van der Waals surface area contributed by atoms with E-state index in [0.29, 0.717) is 11.4 Å². The fourth-order valence-electron chi connectivity index (χ4n) is 1.90. The largest absolute Gasteiger partial charge is 0.309 e. The predicted octanol–water partition coefficient (Wildman–Crippen LogP) is 1.79. The minimum absolute atomic E-state index is 0.133. The van der Waals surface area contributed by atoms with Crippen molar-refractivity contribution in [1.29, 1.82) is 0 Å². The summed E-state index contributed by atoms with van der Waals surface area (Å²) in [6.45, 7) is 0.733. The second-order valence-corrected chi connectivity index (χ2v) is 6.69. The van der Waals surface area contributed by atoms with E-state index in [2.05, 4.69) is 5.32 Å². The van der Waals surface area contributed by atoms with E-state index in [-0.39, 0.29) is 17.5 Å². The Morgan fingerprint density at radius 2 is 2.19 bits per heavy atom. The van der Waals surface area contributed by atoms with Gasteiger partial charge in [0.1, 0.15) is 0 Å². The molecule has 5 heteroatoms. The molecule has 0 spiro atoms. The molecule has 1 aromatic rings. The van der Waals surface area contributed by atoms with E-state index in [1.807, 2.05) is 18.2 Å². The first-order valence-corrected chi connectivity index (χ1v) is 7.46. The third-order valence-corrected chi connectivity index (χ3v) is 4.68. The summed E-state index contributed by atoms with van der Waals surface area (Å²) in [6.07, 6.45) is 0.680. The van der Waals surface area contributed by atoms with Gasteiger partial charge in [-0.2, -0.15) is 0 Å². The molecule has 0 amide bonds. The van der Waals surface area contributed by atoms with E-state index in [4.69, 9.17) is 11.6 Å². The van der Waals surface area contributed by atoms with Crippen molar-refractivity contribution in [3.63, 3.8) is 0 Å². The van der Waals surface area contributed by atoms with Crippen LogP contribution in [0.4, 0.5) is 0 Å². The van der Waals surface area contributed by atoms with Gasteiger partial charge in [-0.15, -0.1) is 0 Å². The minimum atomic E-state index is -2.93. The number of halogens is 1. The van der Waals surface area contributed by atoms with Crippen LogP contribution in [0.3, 0.4) is 0 Å². The first-order valence-electron chi connectivity index (χ1n) is 5.26. The summed E-state index contributed by atoms with van der Waals surface area (Å²) in [5, 5.41) is 3.88. The Morgan fingerprint density at radius 1 is 1.38 bits per heavy atom. The Kier molecular flexibility index (Phi) is 3.52. The maximum absolute atomic E-state index is 11.7. The van der Waals surface area contributed by atoms with Gasteiger partial charge in [0.15, 0.2) is 9.84 Å². The molecule has 1 aromatic carbocycles. The fourth-order valence-corrected chi connectivity index (χ4v) is 3.67. The summed E-state index contributed by atoms with van der Waals surface area (Å²) in [5.74, 6) is 0.435. The van der Waals surface area contributed by atoms with Crippen LogP contribution in [0.2, 0.25) is 5.02 Å². The van der Waals surface area contributed by atoms with Crippen LogP contribution < -0.4 is 5.32 Å². The molecule has 0 saturated carbocycles. The third-order valence-electron chi connectivity index (χ3n) is 2.69. The number of rotatable bonds is 1. The van der Waals surface area contributed by atoms with E-state index < -0.39 is 9.84 Å². The van der Waals surface area contributed by atoms with Crippen molar-refractivity contribution in [3.8, 4) is 0 Å². The summed E-state index contributed by atoms with van der Waals surface area (Å²) >= 11 is 5.90. The Hall–Kier alpha value is -0.580. The second-order valence-electron chi connectivity index (χ2n) is 4.03.